The average molecular weight is 381 g/mol. The van der Waals surface area contributed by atoms with Crippen molar-refractivity contribution in [2.75, 3.05) is 0 Å². The van der Waals surface area contributed by atoms with Gasteiger partial charge in [-0.1, -0.05) is 46.4 Å². The molecule has 1 heterocycles. The number of rotatable bonds is 0. The summed E-state index contributed by atoms with van der Waals surface area (Å²) in [6.45, 7) is 0. The number of hydrogen-bond donors (Lipinski definition) is 0. The Bertz CT molecular complexity index is 516. The van der Waals surface area contributed by atoms with Crippen molar-refractivity contribution in [2.24, 2.45) is 23.7 Å². The lowest BCUT2D eigenvalue weighted by molar-refractivity contribution is 0.237. The maximum atomic E-state index is 6.82. The molecule has 5 aliphatic rings. The highest BCUT2D eigenvalue weighted by atomic mass is 35.5. The predicted octanol–water partition coefficient (Wildman–Crippen LogP) is 4.48. The van der Waals surface area contributed by atoms with Gasteiger partial charge in [0.05, 0.1) is 22.3 Å². The molecule has 4 aliphatic carbocycles. The fourth-order valence-electron chi connectivity index (χ4n) is 5.30. The molecule has 4 bridgehead atoms. The topological polar surface area (TPSA) is 12.5 Å². The fourth-order valence-corrected chi connectivity index (χ4v) is 8.43. The van der Waals surface area contributed by atoms with E-state index in [2.05, 4.69) is 0 Å². The maximum Gasteiger partial charge on any atom is 0.166 e. The van der Waals surface area contributed by atoms with E-state index in [-0.39, 0.29) is 24.0 Å². The monoisotopic (exact) mass is 378 g/mol. The lowest BCUT2D eigenvalue weighted by atomic mass is 9.73. The molecule has 3 saturated carbocycles. The highest BCUT2D eigenvalue weighted by Crippen LogP contribution is 2.84. The Kier molecular flexibility index (Phi) is 2.18. The van der Waals surface area contributed by atoms with Crippen LogP contribution in [-0.4, -0.2) is 26.3 Å². The third-order valence-electron chi connectivity index (χ3n) is 5.92. The summed E-state index contributed by atoms with van der Waals surface area (Å²) >= 11 is 39.5. The van der Waals surface area contributed by atoms with E-state index in [1.807, 2.05) is 0 Å². The lowest BCUT2D eigenvalue weighted by Gasteiger charge is -2.38. The Morgan fingerprint density at radius 2 is 1.26 bits per heavy atom. The summed E-state index contributed by atoms with van der Waals surface area (Å²) < 4.78 is 4.35. The van der Waals surface area contributed by atoms with Crippen LogP contribution in [0.15, 0.2) is 10.1 Å². The van der Waals surface area contributed by atoms with Crippen molar-refractivity contribution < 1.29 is 4.74 Å². The van der Waals surface area contributed by atoms with Crippen molar-refractivity contribution in [3.63, 3.8) is 0 Å². The standard InChI is InChI=1S/C12H8Cl6O/c13-8-9(14)11(16)5-3-1-2(6-7(3)19-6)4(5)10(8,15)12(11,17)18/h2-7H,1H2/t2-,3-,4?,5?,6?,7?,10?,11?/m0/s1. The van der Waals surface area contributed by atoms with Crippen molar-refractivity contribution in [2.45, 2.75) is 32.7 Å². The van der Waals surface area contributed by atoms with Crippen LogP contribution < -0.4 is 0 Å². The molecule has 0 aromatic rings. The van der Waals surface area contributed by atoms with Crippen LogP contribution in [0.25, 0.3) is 0 Å². The van der Waals surface area contributed by atoms with E-state index in [1.165, 1.54) is 0 Å². The largest absolute Gasteiger partial charge is 0.369 e. The molecule has 5 rings (SSSR count). The summed E-state index contributed by atoms with van der Waals surface area (Å²) in [7, 11) is 0. The normalized spacial score (nSPS) is 66.6. The molecular formula is C12H8Cl6O. The van der Waals surface area contributed by atoms with E-state index in [0.717, 1.165) is 6.42 Å². The second kappa shape index (κ2) is 3.20. The zero-order valence-electron chi connectivity index (χ0n) is 9.35. The van der Waals surface area contributed by atoms with Crippen molar-refractivity contribution in [1.29, 1.82) is 0 Å². The van der Waals surface area contributed by atoms with Gasteiger partial charge in [0.15, 0.2) is 4.33 Å². The molecule has 4 fully saturated rings. The quantitative estimate of drug-likeness (QED) is 0.343. The first-order valence-corrected chi connectivity index (χ1v) is 8.52. The van der Waals surface area contributed by atoms with Gasteiger partial charge < -0.3 is 4.74 Å². The minimum atomic E-state index is -1.37. The Balaban J connectivity index is 1.80. The molecule has 7 heteroatoms. The molecule has 1 saturated heterocycles. The van der Waals surface area contributed by atoms with Crippen LogP contribution in [0.2, 0.25) is 0 Å². The minimum absolute atomic E-state index is 0.0467. The summed E-state index contributed by atoms with van der Waals surface area (Å²) in [6.07, 6.45) is 1.63. The zero-order valence-corrected chi connectivity index (χ0v) is 13.9. The third-order valence-corrected chi connectivity index (χ3v) is 10.2. The predicted molar refractivity (Wildman–Crippen MR) is 77.6 cm³/mol. The molecule has 0 spiro atoms. The van der Waals surface area contributed by atoms with Crippen LogP contribution in [0.4, 0.5) is 0 Å². The molecule has 0 aromatic heterocycles. The van der Waals surface area contributed by atoms with E-state index in [4.69, 9.17) is 74.3 Å². The molecule has 0 aromatic carbocycles. The summed E-state index contributed by atoms with van der Waals surface area (Å²) in [6, 6.07) is 0. The summed E-state index contributed by atoms with van der Waals surface area (Å²) in [5.41, 5.74) is 0. The van der Waals surface area contributed by atoms with Crippen molar-refractivity contribution in [3.8, 4) is 0 Å². The number of allylic oxidation sites excluding steroid dienone is 2. The number of epoxide rings is 1. The first-order valence-electron chi connectivity index (χ1n) is 6.25. The van der Waals surface area contributed by atoms with Gasteiger partial charge in [-0.2, -0.15) is 0 Å². The van der Waals surface area contributed by atoms with Gasteiger partial charge in [0, 0.05) is 0 Å². The van der Waals surface area contributed by atoms with Crippen LogP contribution in [-0.2, 0) is 4.74 Å². The van der Waals surface area contributed by atoms with E-state index < -0.39 is 14.1 Å². The van der Waals surface area contributed by atoms with Crippen LogP contribution in [0.3, 0.4) is 0 Å². The third kappa shape index (κ3) is 0.986. The molecule has 8 atom stereocenters. The first-order chi connectivity index (χ1) is 8.78. The van der Waals surface area contributed by atoms with Crippen molar-refractivity contribution in [3.05, 3.63) is 10.1 Å². The summed E-state index contributed by atoms with van der Waals surface area (Å²) in [4.78, 5) is -2.17. The van der Waals surface area contributed by atoms with Gasteiger partial charge >= 0.3 is 0 Å². The van der Waals surface area contributed by atoms with Crippen LogP contribution >= 0.6 is 69.6 Å². The van der Waals surface area contributed by atoms with E-state index in [0.29, 0.717) is 21.9 Å². The first kappa shape index (κ1) is 12.9. The average Bonchev–Trinajstić information content (AvgIpc) is 2.91. The molecule has 6 unspecified atom stereocenters. The second-order valence-electron chi connectivity index (χ2n) is 6.31. The van der Waals surface area contributed by atoms with Gasteiger partial charge in [-0.05, 0) is 30.1 Å². The number of halogens is 6. The summed E-state index contributed by atoms with van der Waals surface area (Å²) in [5.74, 6) is 0.776. The highest BCUT2D eigenvalue weighted by molar-refractivity contribution is 6.65. The number of ether oxygens (including phenoxy) is 1. The molecular weight excluding hydrogens is 373 g/mol. The van der Waals surface area contributed by atoms with E-state index >= 15 is 0 Å². The molecule has 1 nitrogen and oxygen atoms in total. The summed E-state index contributed by atoms with van der Waals surface area (Å²) in [5, 5.41) is 0.642. The SMILES string of the molecule is ClC1=C(Cl)C2(Cl)C3C([C@@H]4C[C@@H]3C3OC34)C1(Cl)C2(Cl)Cl. The molecule has 104 valence electrons. The molecule has 0 N–H and O–H groups in total. The van der Waals surface area contributed by atoms with Gasteiger partial charge in [-0.25, -0.2) is 0 Å². The maximum absolute atomic E-state index is 6.82. The number of alkyl halides is 4. The van der Waals surface area contributed by atoms with Crippen molar-refractivity contribution >= 4 is 69.6 Å². The van der Waals surface area contributed by atoms with Crippen LogP contribution in [0.5, 0.6) is 0 Å². The Morgan fingerprint density at radius 3 is 1.68 bits per heavy atom. The van der Waals surface area contributed by atoms with Gasteiger partial charge in [-0.15, -0.1) is 23.2 Å². The second-order valence-corrected chi connectivity index (χ2v) is 9.58. The minimum Gasteiger partial charge on any atom is -0.369 e. The van der Waals surface area contributed by atoms with Crippen LogP contribution in [0, 0.1) is 23.7 Å². The molecule has 19 heavy (non-hydrogen) atoms. The number of fused-ring (bicyclic) bond motifs is 12. The number of hydrogen-bond acceptors (Lipinski definition) is 1. The van der Waals surface area contributed by atoms with Gasteiger partial charge in [-0.3, -0.25) is 0 Å². The zero-order chi connectivity index (χ0) is 13.5. The van der Waals surface area contributed by atoms with Crippen molar-refractivity contribution in [1.82, 2.24) is 0 Å². The highest BCUT2D eigenvalue weighted by Gasteiger charge is 2.89. The molecule has 1 aliphatic heterocycles. The van der Waals surface area contributed by atoms with Gasteiger partial charge in [0.1, 0.15) is 9.75 Å². The van der Waals surface area contributed by atoms with E-state index in [9.17, 15) is 0 Å². The smallest absolute Gasteiger partial charge is 0.166 e. The van der Waals surface area contributed by atoms with Gasteiger partial charge in [0.2, 0.25) is 0 Å². The fraction of sp³-hybridized carbons (Fsp3) is 0.833. The molecule has 0 radical (unpaired) electrons. The van der Waals surface area contributed by atoms with E-state index in [1.54, 1.807) is 0 Å². The Morgan fingerprint density at radius 1 is 0.842 bits per heavy atom. The lowest BCUT2D eigenvalue weighted by Crippen LogP contribution is -2.46. The Labute approximate surface area is 140 Å². The van der Waals surface area contributed by atoms with Gasteiger partial charge in [0.25, 0.3) is 0 Å². The van der Waals surface area contributed by atoms with Crippen LogP contribution in [0.1, 0.15) is 6.42 Å². The Hall–Kier alpha value is 1.44. The molecule has 0 amide bonds.